The Bertz CT molecular complexity index is 1390. The van der Waals surface area contributed by atoms with Crippen LogP contribution in [0.1, 0.15) is 17.0 Å². The van der Waals surface area contributed by atoms with Crippen LogP contribution in [0.25, 0.3) is 22.0 Å². The van der Waals surface area contributed by atoms with E-state index in [0.717, 1.165) is 29.3 Å². The molecule has 33 heavy (non-hydrogen) atoms. The van der Waals surface area contributed by atoms with Gasteiger partial charge in [0.05, 0.1) is 11.4 Å². The van der Waals surface area contributed by atoms with E-state index in [1.54, 1.807) is 18.2 Å². The molecule has 0 spiro atoms. The SMILES string of the molecule is O=C(Nc1n[nH]c2cc(-c3cc(F)ccc3F)ccc12)C(c1ccccc1)c1ccccc1. The number of H-pyrrole nitrogens is 1. The molecule has 162 valence electrons. The topological polar surface area (TPSA) is 57.8 Å². The van der Waals surface area contributed by atoms with Crippen LogP contribution >= 0.6 is 0 Å². The normalized spacial score (nSPS) is 11.1. The first kappa shape index (κ1) is 20.6. The average Bonchev–Trinajstić information content (AvgIpc) is 3.24. The van der Waals surface area contributed by atoms with Gasteiger partial charge in [0.1, 0.15) is 11.6 Å². The lowest BCUT2D eigenvalue weighted by Crippen LogP contribution is -2.22. The van der Waals surface area contributed by atoms with E-state index in [4.69, 9.17) is 0 Å². The van der Waals surface area contributed by atoms with E-state index in [2.05, 4.69) is 15.5 Å². The molecule has 1 heterocycles. The molecule has 0 aliphatic heterocycles. The maximum absolute atomic E-state index is 14.2. The van der Waals surface area contributed by atoms with Gasteiger partial charge in [-0.2, -0.15) is 5.10 Å². The summed E-state index contributed by atoms with van der Waals surface area (Å²) in [6.45, 7) is 0. The van der Waals surface area contributed by atoms with Gasteiger partial charge >= 0.3 is 0 Å². The van der Waals surface area contributed by atoms with Crippen molar-refractivity contribution in [2.45, 2.75) is 5.92 Å². The predicted octanol–water partition coefficient (Wildman–Crippen LogP) is 6.28. The highest BCUT2D eigenvalue weighted by Gasteiger charge is 2.24. The number of carbonyl (C=O) groups excluding carboxylic acids is 1. The van der Waals surface area contributed by atoms with E-state index in [-0.39, 0.29) is 11.5 Å². The van der Waals surface area contributed by atoms with E-state index in [9.17, 15) is 13.6 Å². The summed E-state index contributed by atoms with van der Waals surface area (Å²) in [5, 5.41) is 10.7. The van der Waals surface area contributed by atoms with Crippen molar-refractivity contribution < 1.29 is 13.6 Å². The zero-order valence-electron chi connectivity index (χ0n) is 17.4. The number of amides is 1. The van der Waals surface area contributed by atoms with E-state index in [0.29, 0.717) is 22.3 Å². The van der Waals surface area contributed by atoms with Crippen LogP contribution in [0.2, 0.25) is 0 Å². The van der Waals surface area contributed by atoms with Gasteiger partial charge in [0.2, 0.25) is 5.91 Å². The third kappa shape index (κ3) is 4.11. The number of nitrogens with zero attached hydrogens (tertiary/aromatic N) is 1. The first-order valence-corrected chi connectivity index (χ1v) is 10.4. The van der Waals surface area contributed by atoms with E-state index < -0.39 is 17.6 Å². The molecule has 5 aromatic rings. The van der Waals surface area contributed by atoms with Crippen LogP contribution in [-0.2, 0) is 4.79 Å². The molecule has 4 aromatic carbocycles. The first-order chi connectivity index (χ1) is 16.1. The molecule has 0 saturated heterocycles. The van der Waals surface area contributed by atoms with E-state index >= 15 is 0 Å². The van der Waals surface area contributed by atoms with Crippen molar-refractivity contribution in [3.63, 3.8) is 0 Å². The van der Waals surface area contributed by atoms with Crippen LogP contribution < -0.4 is 5.32 Å². The third-order valence-corrected chi connectivity index (χ3v) is 5.57. The fourth-order valence-electron chi connectivity index (χ4n) is 3.98. The van der Waals surface area contributed by atoms with Gasteiger partial charge in [0.15, 0.2) is 5.82 Å². The van der Waals surface area contributed by atoms with Gasteiger partial charge in [-0.05, 0) is 47.0 Å². The van der Waals surface area contributed by atoms with Crippen molar-refractivity contribution in [3.8, 4) is 11.1 Å². The number of carbonyl (C=O) groups is 1. The summed E-state index contributed by atoms with van der Waals surface area (Å²) in [6.07, 6.45) is 0. The molecule has 0 fully saturated rings. The molecule has 0 atom stereocenters. The highest BCUT2D eigenvalue weighted by Crippen LogP contribution is 2.31. The highest BCUT2D eigenvalue weighted by atomic mass is 19.1. The Kier molecular flexibility index (Phi) is 5.40. The van der Waals surface area contributed by atoms with Crippen molar-refractivity contribution in [1.29, 1.82) is 0 Å². The molecule has 4 nitrogen and oxygen atoms in total. The molecule has 0 bridgehead atoms. The molecular formula is C27H19F2N3O. The Morgan fingerprint density at radius 2 is 1.48 bits per heavy atom. The second-order valence-electron chi connectivity index (χ2n) is 7.70. The number of halogens is 2. The van der Waals surface area contributed by atoms with Crippen LogP contribution in [0.4, 0.5) is 14.6 Å². The van der Waals surface area contributed by atoms with Gasteiger partial charge in [-0.1, -0.05) is 66.7 Å². The summed E-state index contributed by atoms with van der Waals surface area (Å²) in [6, 6.07) is 27.5. The summed E-state index contributed by atoms with van der Waals surface area (Å²) in [7, 11) is 0. The molecule has 5 rings (SSSR count). The number of anilines is 1. The maximum atomic E-state index is 14.2. The Balaban J connectivity index is 1.48. The summed E-state index contributed by atoms with van der Waals surface area (Å²) >= 11 is 0. The van der Waals surface area contributed by atoms with Crippen LogP contribution in [0.15, 0.2) is 97.1 Å². The zero-order valence-corrected chi connectivity index (χ0v) is 17.4. The fraction of sp³-hybridized carbons (Fsp3) is 0.0370. The van der Waals surface area contributed by atoms with Crippen LogP contribution in [0.5, 0.6) is 0 Å². The monoisotopic (exact) mass is 439 g/mol. The number of fused-ring (bicyclic) bond motifs is 1. The molecule has 0 unspecified atom stereocenters. The summed E-state index contributed by atoms with van der Waals surface area (Å²) in [5.41, 5.74) is 3.00. The number of hydrogen-bond donors (Lipinski definition) is 2. The first-order valence-electron chi connectivity index (χ1n) is 10.4. The van der Waals surface area contributed by atoms with Gasteiger partial charge in [-0.3, -0.25) is 9.89 Å². The van der Waals surface area contributed by atoms with Gasteiger partial charge in [-0.15, -0.1) is 0 Å². The van der Waals surface area contributed by atoms with E-state index in [1.807, 2.05) is 60.7 Å². The van der Waals surface area contributed by atoms with Gasteiger partial charge in [-0.25, -0.2) is 8.78 Å². The molecule has 1 amide bonds. The zero-order chi connectivity index (χ0) is 22.8. The van der Waals surface area contributed by atoms with Crippen molar-refractivity contribution in [1.82, 2.24) is 10.2 Å². The van der Waals surface area contributed by atoms with Crippen LogP contribution in [0, 0.1) is 11.6 Å². The fourth-order valence-corrected chi connectivity index (χ4v) is 3.98. The highest BCUT2D eigenvalue weighted by molar-refractivity contribution is 6.04. The van der Waals surface area contributed by atoms with E-state index in [1.165, 1.54) is 0 Å². The largest absolute Gasteiger partial charge is 0.308 e. The lowest BCUT2D eigenvalue weighted by Gasteiger charge is -2.17. The van der Waals surface area contributed by atoms with Crippen molar-refractivity contribution >= 4 is 22.6 Å². The lowest BCUT2D eigenvalue weighted by molar-refractivity contribution is -0.116. The standard InChI is InChI=1S/C27H19F2N3O/c28-20-12-14-23(29)22(16-20)19-11-13-21-24(15-19)31-32-26(21)30-27(33)25(17-7-3-1-4-8-17)18-9-5-2-6-10-18/h1-16,25H,(H2,30,31,32,33). The summed E-state index contributed by atoms with van der Waals surface area (Å²) in [4.78, 5) is 13.4. The molecule has 0 aliphatic rings. The van der Waals surface area contributed by atoms with Crippen LogP contribution in [0.3, 0.4) is 0 Å². The van der Waals surface area contributed by atoms with Crippen molar-refractivity contribution in [3.05, 3.63) is 120 Å². The number of nitrogens with one attached hydrogen (secondary N) is 2. The number of aromatic nitrogens is 2. The van der Waals surface area contributed by atoms with Gasteiger partial charge in [0.25, 0.3) is 0 Å². The molecular weight excluding hydrogens is 420 g/mol. The third-order valence-electron chi connectivity index (χ3n) is 5.57. The molecule has 1 aromatic heterocycles. The average molecular weight is 439 g/mol. The second-order valence-corrected chi connectivity index (χ2v) is 7.70. The second kappa shape index (κ2) is 8.67. The molecule has 0 aliphatic carbocycles. The minimum absolute atomic E-state index is 0.158. The summed E-state index contributed by atoms with van der Waals surface area (Å²) < 4.78 is 27.8. The Hall–Kier alpha value is -4.32. The predicted molar refractivity (Wildman–Crippen MR) is 125 cm³/mol. The maximum Gasteiger partial charge on any atom is 0.237 e. The summed E-state index contributed by atoms with van der Waals surface area (Å²) in [5.74, 6) is -1.40. The number of hydrogen-bond acceptors (Lipinski definition) is 2. The molecule has 0 radical (unpaired) electrons. The van der Waals surface area contributed by atoms with Crippen molar-refractivity contribution in [2.24, 2.45) is 0 Å². The Labute approximate surface area is 188 Å². The number of aromatic amines is 1. The molecule has 6 heteroatoms. The number of benzene rings is 4. The number of rotatable bonds is 5. The van der Waals surface area contributed by atoms with Crippen molar-refractivity contribution in [2.75, 3.05) is 5.32 Å². The quantitative estimate of drug-likeness (QED) is 0.339. The smallest absolute Gasteiger partial charge is 0.237 e. The van der Waals surface area contributed by atoms with Gasteiger partial charge in [0, 0.05) is 10.9 Å². The van der Waals surface area contributed by atoms with Gasteiger partial charge < -0.3 is 5.32 Å². The lowest BCUT2D eigenvalue weighted by atomic mass is 9.90. The Morgan fingerprint density at radius 1 is 0.818 bits per heavy atom. The molecule has 2 N–H and O–H groups in total. The van der Waals surface area contributed by atoms with Crippen LogP contribution in [-0.4, -0.2) is 16.1 Å². The minimum atomic E-state index is -0.517. The molecule has 0 saturated carbocycles. The Morgan fingerprint density at radius 3 is 2.15 bits per heavy atom. The minimum Gasteiger partial charge on any atom is -0.308 e.